The van der Waals surface area contributed by atoms with E-state index in [1.165, 1.54) is 19.3 Å². The Morgan fingerprint density at radius 3 is 2.52 bits per heavy atom. The lowest BCUT2D eigenvalue weighted by Gasteiger charge is -2.31. The molecule has 1 aliphatic rings. The summed E-state index contributed by atoms with van der Waals surface area (Å²) in [4.78, 5) is 2.46. The number of para-hydroxylation sites is 1. The van der Waals surface area contributed by atoms with Crippen molar-refractivity contribution >= 4 is 23.2 Å². The van der Waals surface area contributed by atoms with Gasteiger partial charge >= 0.3 is 0 Å². The van der Waals surface area contributed by atoms with Crippen molar-refractivity contribution in [1.29, 1.82) is 0 Å². The predicted molar refractivity (Wildman–Crippen MR) is 89.7 cm³/mol. The van der Waals surface area contributed by atoms with Crippen molar-refractivity contribution in [2.45, 2.75) is 19.3 Å². The molecule has 0 radical (unpaired) electrons. The van der Waals surface area contributed by atoms with E-state index in [9.17, 15) is 0 Å². The van der Waals surface area contributed by atoms with Gasteiger partial charge in [0.2, 0.25) is 0 Å². The molecule has 5 heteroatoms. The molecule has 0 saturated carbocycles. The number of ether oxygens (including phenoxy) is 1. The summed E-state index contributed by atoms with van der Waals surface area (Å²) < 4.78 is 5.75. The zero-order chi connectivity index (χ0) is 15.1. The fourth-order valence-electron chi connectivity index (χ4n) is 2.74. The van der Waals surface area contributed by atoms with Crippen molar-refractivity contribution in [2.24, 2.45) is 5.92 Å². The molecule has 1 fully saturated rings. The molecule has 0 aliphatic carbocycles. The monoisotopic (exact) mass is 330 g/mol. The Hall–Kier alpha value is -0.480. The van der Waals surface area contributed by atoms with Crippen LogP contribution in [0.2, 0.25) is 10.0 Å². The Bertz CT molecular complexity index is 414. The Morgan fingerprint density at radius 2 is 1.90 bits per heavy atom. The average molecular weight is 331 g/mol. The van der Waals surface area contributed by atoms with Crippen molar-refractivity contribution in [3.8, 4) is 5.75 Å². The van der Waals surface area contributed by atoms with E-state index in [0.717, 1.165) is 32.1 Å². The van der Waals surface area contributed by atoms with E-state index in [1.807, 2.05) is 13.1 Å². The van der Waals surface area contributed by atoms with Crippen LogP contribution >= 0.6 is 23.2 Å². The summed E-state index contributed by atoms with van der Waals surface area (Å²) in [5.41, 5.74) is 0. The van der Waals surface area contributed by atoms with Gasteiger partial charge in [0.25, 0.3) is 0 Å². The zero-order valence-corrected chi connectivity index (χ0v) is 14.1. The minimum absolute atomic E-state index is 0.577. The molecular formula is C16H24Cl2N2O. The number of hydrogen-bond donors (Lipinski definition) is 1. The largest absolute Gasteiger partial charge is 0.489 e. The first-order valence-corrected chi connectivity index (χ1v) is 8.40. The van der Waals surface area contributed by atoms with Gasteiger partial charge in [-0.15, -0.1) is 0 Å². The van der Waals surface area contributed by atoms with Crippen molar-refractivity contribution in [2.75, 3.05) is 39.8 Å². The molecule has 0 atom stereocenters. The first-order valence-electron chi connectivity index (χ1n) is 7.64. The second-order valence-corrected chi connectivity index (χ2v) is 6.39. The highest BCUT2D eigenvalue weighted by Crippen LogP contribution is 2.32. The molecule has 1 N–H and O–H groups in total. The van der Waals surface area contributed by atoms with Crippen molar-refractivity contribution < 1.29 is 4.74 Å². The van der Waals surface area contributed by atoms with Gasteiger partial charge < -0.3 is 10.1 Å². The molecule has 3 nitrogen and oxygen atoms in total. The number of rotatable bonds is 7. The van der Waals surface area contributed by atoms with Crippen LogP contribution in [-0.4, -0.2) is 44.7 Å². The molecule has 1 heterocycles. The van der Waals surface area contributed by atoms with E-state index in [2.05, 4.69) is 10.2 Å². The summed E-state index contributed by atoms with van der Waals surface area (Å²) in [7, 11) is 2.02. The van der Waals surface area contributed by atoms with Gasteiger partial charge in [0.1, 0.15) is 6.61 Å². The van der Waals surface area contributed by atoms with Gasteiger partial charge in [0.15, 0.2) is 5.75 Å². The lowest BCUT2D eigenvalue weighted by molar-refractivity contribution is 0.151. The molecule has 0 unspecified atom stereocenters. The predicted octanol–water partition coefficient (Wildman–Crippen LogP) is 3.69. The number of nitrogens with zero attached hydrogens (tertiary/aromatic N) is 1. The van der Waals surface area contributed by atoms with Crippen LogP contribution < -0.4 is 10.1 Å². The molecule has 0 spiro atoms. The van der Waals surface area contributed by atoms with Crippen LogP contribution in [0.1, 0.15) is 19.3 Å². The molecule has 118 valence electrons. The number of likely N-dealkylation sites (tertiary alicyclic amines) is 1. The third kappa shape index (κ3) is 5.33. The van der Waals surface area contributed by atoms with Gasteiger partial charge in [0.05, 0.1) is 10.0 Å². The highest BCUT2D eigenvalue weighted by molar-refractivity contribution is 6.37. The first-order chi connectivity index (χ1) is 10.2. The van der Waals surface area contributed by atoms with Gasteiger partial charge in [-0.05, 0) is 64.0 Å². The van der Waals surface area contributed by atoms with E-state index in [1.54, 1.807) is 12.1 Å². The second-order valence-electron chi connectivity index (χ2n) is 5.58. The topological polar surface area (TPSA) is 24.5 Å². The smallest absolute Gasteiger partial charge is 0.156 e. The molecular weight excluding hydrogens is 307 g/mol. The van der Waals surface area contributed by atoms with E-state index in [0.29, 0.717) is 22.4 Å². The maximum atomic E-state index is 6.09. The minimum Gasteiger partial charge on any atom is -0.489 e. The fraction of sp³-hybridized carbons (Fsp3) is 0.625. The maximum absolute atomic E-state index is 6.09. The van der Waals surface area contributed by atoms with E-state index >= 15 is 0 Å². The van der Waals surface area contributed by atoms with Gasteiger partial charge in [-0.25, -0.2) is 0 Å². The van der Waals surface area contributed by atoms with Crippen LogP contribution in [0.5, 0.6) is 5.75 Å². The third-order valence-electron chi connectivity index (χ3n) is 4.08. The number of nitrogens with one attached hydrogen (secondary N) is 1. The van der Waals surface area contributed by atoms with E-state index < -0.39 is 0 Å². The lowest BCUT2D eigenvalue weighted by Crippen LogP contribution is -2.37. The van der Waals surface area contributed by atoms with Crippen LogP contribution in [0.25, 0.3) is 0 Å². The summed E-state index contributed by atoms with van der Waals surface area (Å²) in [6.45, 7) is 5.01. The zero-order valence-electron chi connectivity index (χ0n) is 12.6. The lowest BCUT2D eigenvalue weighted by atomic mass is 9.93. The van der Waals surface area contributed by atoms with Crippen LogP contribution in [0.3, 0.4) is 0 Å². The molecule has 1 aromatic carbocycles. The summed E-state index contributed by atoms with van der Waals surface area (Å²) in [5, 5.41) is 4.38. The molecule has 1 aliphatic heterocycles. The Morgan fingerprint density at radius 1 is 1.24 bits per heavy atom. The van der Waals surface area contributed by atoms with Crippen molar-refractivity contribution in [3.05, 3.63) is 28.2 Å². The quantitative estimate of drug-likeness (QED) is 0.825. The van der Waals surface area contributed by atoms with Crippen molar-refractivity contribution in [3.63, 3.8) is 0 Å². The molecule has 1 saturated heterocycles. The van der Waals surface area contributed by atoms with Crippen LogP contribution in [0, 0.1) is 5.92 Å². The summed E-state index contributed by atoms with van der Waals surface area (Å²) in [6, 6.07) is 5.43. The maximum Gasteiger partial charge on any atom is 0.156 e. The highest BCUT2D eigenvalue weighted by atomic mass is 35.5. The Balaban J connectivity index is 1.68. The molecule has 1 aromatic rings. The standard InChI is InChI=1S/C16H24Cl2N2O/c1-19-8-5-13-6-9-20(10-7-13)11-12-21-16-14(17)3-2-4-15(16)18/h2-4,13,19H,5-12H2,1H3. The minimum atomic E-state index is 0.577. The SMILES string of the molecule is CNCCC1CCN(CCOc2c(Cl)cccc2Cl)CC1. The van der Waals surface area contributed by atoms with E-state index in [-0.39, 0.29) is 0 Å². The van der Waals surface area contributed by atoms with Gasteiger partial charge in [-0.1, -0.05) is 29.3 Å². The first kappa shape index (κ1) is 16.9. The average Bonchev–Trinajstić information content (AvgIpc) is 2.49. The normalized spacial score (nSPS) is 17.1. The molecule has 0 aromatic heterocycles. The fourth-order valence-corrected chi connectivity index (χ4v) is 3.25. The summed E-state index contributed by atoms with van der Waals surface area (Å²) in [5.74, 6) is 1.47. The van der Waals surface area contributed by atoms with Crippen molar-refractivity contribution in [1.82, 2.24) is 10.2 Å². The van der Waals surface area contributed by atoms with Crippen LogP contribution in [-0.2, 0) is 0 Å². The van der Waals surface area contributed by atoms with E-state index in [4.69, 9.17) is 27.9 Å². The molecule has 2 rings (SSSR count). The molecule has 21 heavy (non-hydrogen) atoms. The number of halogens is 2. The Labute approximate surface area is 137 Å². The number of benzene rings is 1. The Kier molecular flexibility index (Phi) is 7.11. The third-order valence-corrected chi connectivity index (χ3v) is 4.68. The highest BCUT2D eigenvalue weighted by Gasteiger charge is 2.18. The summed E-state index contributed by atoms with van der Waals surface area (Å²) >= 11 is 12.2. The number of hydrogen-bond acceptors (Lipinski definition) is 3. The molecule has 0 bridgehead atoms. The van der Waals surface area contributed by atoms with Crippen LogP contribution in [0.15, 0.2) is 18.2 Å². The van der Waals surface area contributed by atoms with Gasteiger partial charge in [-0.3, -0.25) is 4.90 Å². The number of piperidine rings is 1. The second kappa shape index (κ2) is 8.84. The van der Waals surface area contributed by atoms with Gasteiger partial charge in [-0.2, -0.15) is 0 Å². The van der Waals surface area contributed by atoms with Crippen LogP contribution in [0.4, 0.5) is 0 Å². The molecule has 0 amide bonds. The summed E-state index contributed by atoms with van der Waals surface area (Å²) in [6.07, 6.45) is 3.86. The van der Waals surface area contributed by atoms with Gasteiger partial charge in [0, 0.05) is 6.54 Å².